The average molecular weight is 372 g/mol. The summed E-state index contributed by atoms with van der Waals surface area (Å²) in [5.74, 6) is 0.848. The molecule has 25 heavy (non-hydrogen) atoms. The normalized spacial score (nSPS) is 10.8. The van der Waals surface area contributed by atoms with E-state index in [0.29, 0.717) is 23.2 Å². The van der Waals surface area contributed by atoms with Crippen LogP contribution >= 0.6 is 23.2 Å². The van der Waals surface area contributed by atoms with Crippen LogP contribution in [0.3, 0.4) is 0 Å². The molecule has 128 valence electrons. The largest absolute Gasteiger partial charge is 0.488 e. The van der Waals surface area contributed by atoms with Crippen molar-refractivity contribution in [2.75, 3.05) is 6.54 Å². The van der Waals surface area contributed by atoms with E-state index >= 15 is 0 Å². The molecule has 0 heterocycles. The number of nitrogens with one attached hydrogen (secondary N) is 1. The summed E-state index contributed by atoms with van der Waals surface area (Å²) in [6.45, 7) is 5.59. The third kappa shape index (κ3) is 4.35. The first kappa shape index (κ1) is 17.8. The Morgan fingerprint density at radius 1 is 1.04 bits per heavy atom. The molecule has 2 nitrogen and oxygen atoms in total. The van der Waals surface area contributed by atoms with E-state index in [1.54, 1.807) is 6.07 Å². The summed E-state index contributed by atoms with van der Waals surface area (Å²) >= 11 is 12.2. The molecular formula is C21H19Cl2NO. The van der Waals surface area contributed by atoms with Gasteiger partial charge in [-0.3, -0.25) is 0 Å². The van der Waals surface area contributed by atoms with Gasteiger partial charge >= 0.3 is 0 Å². The lowest BCUT2D eigenvalue weighted by atomic mass is 10.0. The van der Waals surface area contributed by atoms with Crippen LogP contribution in [0.2, 0.25) is 10.0 Å². The Hall–Kier alpha value is -2.00. The molecule has 0 fully saturated rings. The van der Waals surface area contributed by atoms with Crippen LogP contribution in [0.25, 0.3) is 10.8 Å². The molecule has 3 aromatic rings. The van der Waals surface area contributed by atoms with Gasteiger partial charge in [0.15, 0.2) is 0 Å². The van der Waals surface area contributed by atoms with Gasteiger partial charge in [-0.1, -0.05) is 65.7 Å². The minimum Gasteiger partial charge on any atom is -0.488 e. The fourth-order valence-corrected chi connectivity index (χ4v) is 3.19. The quantitative estimate of drug-likeness (QED) is 0.406. The van der Waals surface area contributed by atoms with Crippen LogP contribution in [-0.4, -0.2) is 6.54 Å². The van der Waals surface area contributed by atoms with Crippen molar-refractivity contribution in [2.45, 2.75) is 13.2 Å². The van der Waals surface area contributed by atoms with Crippen LogP contribution in [0, 0.1) is 0 Å². The van der Waals surface area contributed by atoms with Crippen molar-refractivity contribution in [3.8, 4) is 5.75 Å². The number of hydrogen-bond acceptors (Lipinski definition) is 2. The van der Waals surface area contributed by atoms with Crippen molar-refractivity contribution in [2.24, 2.45) is 0 Å². The van der Waals surface area contributed by atoms with Gasteiger partial charge in [-0.25, -0.2) is 0 Å². The molecule has 0 saturated carbocycles. The Kier molecular flexibility index (Phi) is 5.98. The zero-order chi connectivity index (χ0) is 17.6. The van der Waals surface area contributed by atoms with Gasteiger partial charge in [-0.15, -0.1) is 6.58 Å². The maximum absolute atomic E-state index is 6.25. The highest BCUT2D eigenvalue weighted by Gasteiger charge is 2.10. The summed E-state index contributed by atoms with van der Waals surface area (Å²) in [6.07, 6.45) is 1.85. The molecule has 1 N–H and O–H groups in total. The predicted octanol–water partition coefficient (Wildman–Crippen LogP) is 6.00. The van der Waals surface area contributed by atoms with Crippen molar-refractivity contribution in [1.82, 2.24) is 5.32 Å². The standard InChI is InChI=1S/C21H19Cl2NO/c1-2-11-24-13-19-18-6-4-3-5-15(18)8-10-21(19)25-14-16-7-9-17(22)12-20(16)23/h2-10,12,24H,1,11,13-14H2. The molecule has 0 atom stereocenters. The number of fused-ring (bicyclic) bond motifs is 1. The molecular weight excluding hydrogens is 353 g/mol. The van der Waals surface area contributed by atoms with Gasteiger partial charge in [0.1, 0.15) is 12.4 Å². The highest BCUT2D eigenvalue weighted by Crippen LogP contribution is 2.30. The van der Waals surface area contributed by atoms with Gasteiger partial charge in [0.05, 0.1) is 0 Å². The van der Waals surface area contributed by atoms with Crippen molar-refractivity contribution in [3.05, 3.63) is 88.4 Å². The SMILES string of the molecule is C=CCNCc1c(OCc2ccc(Cl)cc2Cl)ccc2ccccc12. The van der Waals surface area contributed by atoms with Crippen LogP contribution < -0.4 is 10.1 Å². The lowest BCUT2D eigenvalue weighted by Crippen LogP contribution is -2.14. The number of ether oxygens (including phenoxy) is 1. The molecule has 0 unspecified atom stereocenters. The summed E-state index contributed by atoms with van der Waals surface area (Å²) in [5, 5.41) is 6.96. The molecule has 3 aromatic carbocycles. The molecule has 0 aliphatic carbocycles. The molecule has 0 saturated heterocycles. The maximum atomic E-state index is 6.25. The molecule has 0 spiro atoms. The molecule has 4 heteroatoms. The molecule has 0 amide bonds. The molecule has 0 bridgehead atoms. The van der Waals surface area contributed by atoms with E-state index in [1.165, 1.54) is 10.8 Å². The fraction of sp³-hybridized carbons (Fsp3) is 0.143. The van der Waals surface area contributed by atoms with Crippen molar-refractivity contribution < 1.29 is 4.74 Å². The van der Waals surface area contributed by atoms with E-state index in [0.717, 1.165) is 23.4 Å². The second-order valence-electron chi connectivity index (χ2n) is 5.71. The van der Waals surface area contributed by atoms with E-state index < -0.39 is 0 Å². The van der Waals surface area contributed by atoms with E-state index in [4.69, 9.17) is 27.9 Å². The van der Waals surface area contributed by atoms with Gasteiger partial charge in [-0.05, 0) is 29.0 Å². The molecule has 0 aromatic heterocycles. The van der Waals surface area contributed by atoms with Gasteiger partial charge in [-0.2, -0.15) is 0 Å². The van der Waals surface area contributed by atoms with E-state index in [9.17, 15) is 0 Å². The van der Waals surface area contributed by atoms with Crippen molar-refractivity contribution in [3.63, 3.8) is 0 Å². The van der Waals surface area contributed by atoms with Gasteiger partial charge < -0.3 is 10.1 Å². The monoisotopic (exact) mass is 371 g/mol. The number of hydrogen-bond donors (Lipinski definition) is 1. The van der Waals surface area contributed by atoms with E-state index in [1.807, 2.05) is 36.4 Å². The first-order valence-corrected chi connectivity index (χ1v) is 8.83. The minimum absolute atomic E-state index is 0.392. The third-order valence-electron chi connectivity index (χ3n) is 3.99. The second kappa shape index (κ2) is 8.39. The van der Waals surface area contributed by atoms with Crippen LogP contribution in [0.4, 0.5) is 0 Å². The van der Waals surface area contributed by atoms with Crippen LogP contribution in [0.1, 0.15) is 11.1 Å². The topological polar surface area (TPSA) is 21.3 Å². The summed E-state index contributed by atoms with van der Waals surface area (Å²) in [6, 6.07) is 17.8. The number of halogens is 2. The first-order chi connectivity index (χ1) is 12.2. The van der Waals surface area contributed by atoms with Crippen molar-refractivity contribution >= 4 is 34.0 Å². The Morgan fingerprint density at radius 3 is 2.68 bits per heavy atom. The first-order valence-electron chi connectivity index (χ1n) is 8.08. The second-order valence-corrected chi connectivity index (χ2v) is 6.55. The summed E-state index contributed by atoms with van der Waals surface area (Å²) in [4.78, 5) is 0. The van der Waals surface area contributed by atoms with Crippen LogP contribution in [-0.2, 0) is 13.2 Å². The molecule has 0 aliphatic heterocycles. The maximum Gasteiger partial charge on any atom is 0.124 e. The highest BCUT2D eigenvalue weighted by molar-refractivity contribution is 6.35. The van der Waals surface area contributed by atoms with Gasteiger partial charge in [0.2, 0.25) is 0 Å². The predicted molar refractivity (Wildman–Crippen MR) is 107 cm³/mol. The summed E-state index contributed by atoms with van der Waals surface area (Å²) in [7, 11) is 0. The van der Waals surface area contributed by atoms with Crippen molar-refractivity contribution in [1.29, 1.82) is 0 Å². The lowest BCUT2D eigenvalue weighted by Gasteiger charge is -2.15. The van der Waals surface area contributed by atoms with Gasteiger partial charge in [0.25, 0.3) is 0 Å². The fourth-order valence-electron chi connectivity index (χ4n) is 2.73. The Bertz CT molecular complexity index is 892. The van der Waals surface area contributed by atoms with Gasteiger partial charge in [0, 0.05) is 34.3 Å². The molecule has 3 rings (SSSR count). The highest BCUT2D eigenvalue weighted by atomic mass is 35.5. The Labute approximate surface area is 158 Å². The Balaban J connectivity index is 1.88. The Morgan fingerprint density at radius 2 is 1.88 bits per heavy atom. The average Bonchev–Trinajstić information content (AvgIpc) is 2.62. The zero-order valence-electron chi connectivity index (χ0n) is 13.8. The smallest absolute Gasteiger partial charge is 0.124 e. The van der Waals surface area contributed by atoms with Crippen LogP contribution in [0.15, 0.2) is 67.3 Å². The lowest BCUT2D eigenvalue weighted by molar-refractivity contribution is 0.303. The van der Waals surface area contributed by atoms with E-state index in [-0.39, 0.29) is 0 Å². The summed E-state index contributed by atoms with van der Waals surface area (Å²) < 4.78 is 6.09. The molecule has 0 aliphatic rings. The molecule has 0 radical (unpaired) electrons. The minimum atomic E-state index is 0.392. The van der Waals surface area contributed by atoms with Crippen LogP contribution in [0.5, 0.6) is 5.75 Å². The summed E-state index contributed by atoms with van der Waals surface area (Å²) in [5.41, 5.74) is 2.04. The third-order valence-corrected chi connectivity index (χ3v) is 4.57. The number of rotatable bonds is 7. The van der Waals surface area contributed by atoms with E-state index in [2.05, 4.69) is 30.1 Å². The number of benzene rings is 3. The zero-order valence-corrected chi connectivity index (χ0v) is 15.3.